The summed E-state index contributed by atoms with van der Waals surface area (Å²) in [7, 11) is -3.83. The molecule has 6 nitrogen and oxygen atoms in total. The van der Waals surface area contributed by atoms with E-state index in [0.717, 1.165) is 12.1 Å². The van der Waals surface area contributed by atoms with Crippen LogP contribution in [0.1, 0.15) is 29.6 Å². The number of aryl methyl sites for hydroxylation is 1. The molecule has 1 aromatic carbocycles. The summed E-state index contributed by atoms with van der Waals surface area (Å²) in [5, 5.41) is 3.69. The third kappa shape index (κ3) is 3.25. The van der Waals surface area contributed by atoms with Gasteiger partial charge in [-0.05, 0) is 25.5 Å². The van der Waals surface area contributed by atoms with Gasteiger partial charge in [-0.2, -0.15) is 4.98 Å². The van der Waals surface area contributed by atoms with E-state index >= 15 is 0 Å². The highest BCUT2D eigenvalue weighted by atomic mass is 32.2. The first-order chi connectivity index (χ1) is 10.9. The highest BCUT2D eigenvalue weighted by Crippen LogP contribution is 2.29. The third-order valence-corrected chi connectivity index (χ3v) is 5.60. The molecule has 0 spiro atoms. The number of hydrogen-bond donors (Lipinski definition) is 0. The maximum absolute atomic E-state index is 13.7. The molecule has 1 fully saturated rings. The molecule has 0 N–H and O–H groups in total. The van der Waals surface area contributed by atoms with Gasteiger partial charge in [-0.25, -0.2) is 21.5 Å². The maximum Gasteiger partial charge on any atom is 0.231 e. The summed E-state index contributed by atoms with van der Waals surface area (Å²) in [6, 6.07) is 3.29. The predicted octanol–water partition coefficient (Wildman–Crippen LogP) is 1.98. The predicted molar refractivity (Wildman–Crippen MR) is 76.9 cm³/mol. The highest BCUT2D eigenvalue weighted by Gasteiger charge is 2.35. The van der Waals surface area contributed by atoms with Crippen LogP contribution in [0.2, 0.25) is 0 Å². The largest absolute Gasteiger partial charge is 0.339 e. The molecule has 1 aliphatic rings. The Morgan fingerprint density at radius 3 is 2.65 bits per heavy atom. The molecule has 0 amide bonds. The number of nitrogens with zero attached hydrogens (tertiary/aromatic N) is 3. The fraction of sp³-hybridized carbons (Fsp3) is 0.429. The van der Waals surface area contributed by atoms with E-state index < -0.39 is 33.0 Å². The lowest BCUT2D eigenvalue weighted by atomic mass is 10.1. The van der Waals surface area contributed by atoms with Crippen molar-refractivity contribution in [2.75, 3.05) is 13.1 Å². The van der Waals surface area contributed by atoms with Crippen molar-refractivity contribution in [2.45, 2.75) is 25.0 Å². The molecule has 0 bridgehead atoms. The Hall–Kier alpha value is -1.87. The minimum absolute atomic E-state index is 0.167. The van der Waals surface area contributed by atoms with Gasteiger partial charge in [0.15, 0.2) is 5.82 Å². The van der Waals surface area contributed by atoms with Crippen molar-refractivity contribution < 1.29 is 21.7 Å². The third-order valence-electron chi connectivity index (χ3n) is 3.83. The van der Waals surface area contributed by atoms with Gasteiger partial charge < -0.3 is 4.52 Å². The molecule has 0 unspecified atom stereocenters. The fourth-order valence-electron chi connectivity index (χ4n) is 2.61. The molecule has 2 heterocycles. The summed E-state index contributed by atoms with van der Waals surface area (Å²) in [4.78, 5) is 4.10. The molecule has 1 atom stereocenters. The molecule has 2 aromatic rings. The van der Waals surface area contributed by atoms with Crippen LogP contribution in [-0.2, 0) is 15.8 Å². The molecule has 0 aliphatic carbocycles. The first kappa shape index (κ1) is 16.0. The zero-order valence-electron chi connectivity index (χ0n) is 12.4. The van der Waals surface area contributed by atoms with Crippen LogP contribution >= 0.6 is 0 Å². The van der Waals surface area contributed by atoms with Crippen LogP contribution in [0.25, 0.3) is 0 Å². The monoisotopic (exact) mass is 343 g/mol. The average Bonchev–Trinajstić information content (AvgIpc) is 3.12. The van der Waals surface area contributed by atoms with Crippen LogP contribution in [0.5, 0.6) is 0 Å². The summed E-state index contributed by atoms with van der Waals surface area (Å²) in [5.41, 5.74) is -0.440. The number of benzene rings is 1. The SMILES string of the molecule is Cc1noc([C@@H]2CCN(S(=O)(=O)Cc3c(F)cccc3F)C2)n1. The van der Waals surface area contributed by atoms with Gasteiger partial charge in [0, 0.05) is 18.7 Å². The van der Waals surface area contributed by atoms with Crippen LogP contribution in [0.4, 0.5) is 8.78 Å². The van der Waals surface area contributed by atoms with Crippen molar-refractivity contribution in [1.82, 2.24) is 14.4 Å². The minimum Gasteiger partial charge on any atom is -0.339 e. The summed E-state index contributed by atoms with van der Waals surface area (Å²) in [6.45, 7) is 2.10. The average molecular weight is 343 g/mol. The molecule has 124 valence electrons. The molecule has 1 saturated heterocycles. The molecular formula is C14H15F2N3O3S. The first-order valence-electron chi connectivity index (χ1n) is 7.08. The Kier molecular flexibility index (Phi) is 4.15. The van der Waals surface area contributed by atoms with Crippen molar-refractivity contribution in [2.24, 2.45) is 0 Å². The quantitative estimate of drug-likeness (QED) is 0.848. The van der Waals surface area contributed by atoms with Crippen LogP contribution in [0.3, 0.4) is 0 Å². The summed E-state index contributed by atoms with van der Waals surface area (Å²) >= 11 is 0. The van der Waals surface area contributed by atoms with Gasteiger partial charge >= 0.3 is 0 Å². The number of aromatic nitrogens is 2. The van der Waals surface area contributed by atoms with E-state index in [-0.39, 0.29) is 19.0 Å². The van der Waals surface area contributed by atoms with Gasteiger partial charge in [0.05, 0.1) is 11.7 Å². The van der Waals surface area contributed by atoms with E-state index in [1.807, 2.05) is 0 Å². The molecule has 0 saturated carbocycles. The van der Waals surface area contributed by atoms with E-state index in [4.69, 9.17) is 4.52 Å². The Labute approximate surface area is 132 Å². The van der Waals surface area contributed by atoms with Crippen LogP contribution in [-0.4, -0.2) is 36.0 Å². The van der Waals surface area contributed by atoms with E-state index in [1.165, 1.54) is 10.4 Å². The molecule has 0 radical (unpaired) electrons. The van der Waals surface area contributed by atoms with E-state index in [1.54, 1.807) is 6.92 Å². The van der Waals surface area contributed by atoms with Gasteiger partial charge in [0.25, 0.3) is 0 Å². The van der Waals surface area contributed by atoms with Gasteiger partial charge in [-0.15, -0.1) is 0 Å². The molecule has 3 rings (SSSR count). The minimum atomic E-state index is -3.83. The lowest BCUT2D eigenvalue weighted by molar-refractivity contribution is 0.351. The zero-order valence-corrected chi connectivity index (χ0v) is 13.2. The second-order valence-corrected chi connectivity index (χ2v) is 7.45. The van der Waals surface area contributed by atoms with Crippen LogP contribution in [0.15, 0.2) is 22.7 Å². The second kappa shape index (κ2) is 5.97. The summed E-state index contributed by atoms with van der Waals surface area (Å²) < 4.78 is 58.4. The van der Waals surface area contributed by atoms with E-state index in [0.29, 0.717) is 18.1 Å². The van der Waals surface area contributed by atoms with Crippen molar-refractivity contribution in [3.63, 3.8) is 0 Å². The number of halogens is 2. The van der Waals surface area contributed by atoms with E-state index in [9.17, 15) is 17.2 Å². The lowest BCUT2D eigenvalue weighted by Crippen LogP contribution is -2.30. The molecule has 1 aliphatic heterocycles. The Bertz CT molecular complexity index is 802. The Morgan fingerprint density at radius 2 is 2.04 bits per heavy atom. The lowest BCUT2D eigenvalue weighted by Gasteiger charge is -2.16. The number of hydrogen-bond acceptors (Lipinski definition) is 5. The van der Waals surface area contributed by atoms with Gasteiger partial charge in [-0.1, -0.05) is 11.2 Å². The molecular weight excluding hydrogens is 328 g/mol. The maximum atomic E-state index is 13.7. The van der Waals surface area contributed by atoms with Crippen molar-refractivity contribution in [1.29, 1.82) is 0 Å². The van der Waals surface area contributed by atoms with Gasteiger partial charge in [0.2, 0.25) is 15.9 Å². The Balaban J connectivity index is 1.76. The smallest absolute Gasteiger partial charge is 0.231 e. The topological polar surface area (TPSA) is 76.3 Å². The first-order valence-corrected chi connectivity index (χ1v) is 8.68. The van der Waals surface area contributed by atoms with Crippen molar-refractivity contribution in [3.8, 4) is 0 Å². The van der Waals surface area contributed by atoms with Crippen LogP contribution < -0.4 is 0 Å². The number of sulfonamides is 1. The van der Waals surface area contributed by atoms with E-state index in [2.05, 4.69) is 10.1 Å². The standard InChI is InChI=1S/C14H15F2N3O3S/c1-9-17-14(22-18-9)10-5-6-19(7-10)23(20,21)8-11-12(15)3-2-4-13(11)16/h2-4,10H,5-8H2,1H3/t10-/m1/s1. The molecule has 9 heteroatoms. The second-order valence-electron chi connectivity index (χ2n) is 5.48. The molecule has 1 aromatic heterocycles. The van der Waals surface area contributed by atoms with Crippen molar-refractivity contribution in [3.05, 3.63) is 47.1 Å². The molecule has 23 heavy (non-hydrogen) atoms. The van der Waals surface area contributed by atoms with Crippen molar-refractivity contribution >= 4 is 10.0 Å². The highest BCUT2D eigenvalue weighted by molar-refractivity contribution is 7.88. The normalized spacial score (nSPS) is 19.3. The summed E-state index contributed by atoms with van der Waals surface area (Å²) in [6.07, 6.45) is 0.528. The summed E-state index contributed by atoms with van der Waals surface area (Å²) in [5.74, 6) is -1.77. The number of rotatable bonds is 4. The van der Waals surface area contributed by atoms with Gasteiger partial charge in [0.1, 0.15) is 11.6 Å². The Morgan fingerprint density at radius 1 is 1.35 bits per heavy atom. The van der Waals surface area contributed by atoms with Gasteiger partial charge in [-0.3, -0.25) is 0 Å². The zero-order chi connectivity index (χ0) is 16.6. The fourth-order valence-corrected chi connectivity index (χ4v) is 4.22. The van der Waals surface area contributed by atoms with Crippen LogP contribution in [0, 0.1) is 18.6 Å².